The summed E-state index contributed by atoms with van der Waals surface area (Å²) < 4.78 is 0. The summed E-state index contributed by atoms with van der Waals surface area (Å²) in [7, 11) is 0. The van der Waals surface area contributed by atoms with Gasteiger partial charge in [-0.3, -0.25) is 9.59 Å². The minimum absolute atomic E-state index is 0.00662. The van der Waals surface area contributed by atoms with E-state index in [0.29, 0.717) is 18.8 Å². The molecule has 4 heteroatoms. The number of carbonyl (C=O) groups is 2. The van der Waals surface area contributed by atoms with Crippen molar-refractivity contribution < 1.29 is 9.59 Å². The molecular weight excluding hydrogens is 252 g/mol. The molecule has 0 saturated carbocycles. The number of nitrogens with one attached hydrogen (secondary N) is 1. The van der Waals surface area contributed by atoms with Crippen LogP contribution in [-0.2, 0) is 9.59 Å². The van der Waals surface area contributed by atoms with Crippen LogP contribution in [0.4, 0.5) is 0 Å². The molecule has 1 heterocycles. The predicted molar refractivity (Wildman–Crippen MR) is 81.3 cm³/mol. The minimum atomic E-state index is -0.741. The Hall–Kier alpha value is -1.06. The highest BCUT2D eigenvalue weighted by atomic mass is 16.2. The zero-order valence-electron chi connectivity index (χ0n) is 13.8. The van der Waals surface area contributed by atoms with E-state index in [0.717, 1.165) is 12.8 Å². The molecule has 3 atom stereocenters. The largest absolute Gasteiger partial charge is 0.340 e. The standard InChI is InChI=1S/C16H30N2O2/c1-7-13-14(19)17-16(6,8-2)15(20)18(13)12(5)10-9-11(3)4/h11-13H,7-10H2,1-6H3,(H,17,19). The first-order chi connectivity index (χ1) is 9.26. The van der Waals surface area contributed by atoms with Gasteiger partial charge in [0, 0.05) is 6.04 Å². The Morgan fingerprint density at radius 1 is 1.20 bits per heavy atom. The van der Waals surface area contributed by atoms with E-state index in [-0.39, 0.29) is 23.9 Å². The summed E-state index contributed by atoms with van der Waals surface area (Å²) in [6.45, 7) is 12.2. The van der Waals surface area contributed by atoms with Gasteiger partial charge in [0.05, 0.1) is 0 Å². The van der Waals surface area contributed by atoms with Crippen molar-refractivity contribution in [3.8, 4) is 0 Å². The number of carbonyl (C=O) groups excluding carboxylic acids is 2. The summed E-state index contributed by atoms with van der Waals surface area (Å²) in [4.78, 5) is 26.9. The number of amides is 2. The molecule has 1 rings (SSSR count). The van der Waals surface area contributed by atoms with Gasteiger partial charge in [-0.25, -0.2) is 0 Å². The van der Waals surface area contributed by atoms with Gasteiger partial charge in [-0.15, -0.1) is 0 Å². The molecule has 0 radical (unpaired) electrons. The first-order valence-corrected chi connectivity index (χ1v) is 7.91. The summed E-state index contributed by atoms with van der Waals surface area (Å²) >= 11 is 0. The average Bonchev–Trinajstić information content (AvgIpc) is 2.39. The van der Waals surface area contributed by atoms with Gasteiger partial charge in [-0.1, -0.05) is 27.7 Å². The second-order valence-corrected chi connectivity index (χ2v) is 6.63. The summed E-state index contributed by atoms with van der Waals surface area (Å²) in [6.07, 6.45) is 3.32. The first-order valence-electron chi connectivity index (χ1n) is 7.91. The molecule has 2 amide bonds. The maximum absolute atomic E-state index is 12.8. The fourth-order valence-electron chi connectivity index (χ4n) is 2.80. The Balaban J connectivity index is 2.96. The van der Waals surface area contributed by atoms with Crippen molar-refractivity contribution in [2.75, 3.05) is 0 Å². The molecule has 1 aliphatic heterocycles. The molecule has 0 aromatic rings. The molecule has 116 valence electrons. The molecule has 4 nitrogen and oxygen atoms in total. The fourth-order valence-corrected chi connectivity index (χ4v) is 2.80. The van der Waals surface area contributed by atoms with E-state index in [9.17, 15) is 9.59 Å². The van der Waals surface area contributed by atoms with Crippen LogP contribution in [0.5, 0.6) is 0 Å². The molecular formula is C16H30N2O2. The lowest BCUT2D eigenvalue weighted by atomic mass is 9.89. The molecule has 1 saturated heterocycles. The minimum Gasteiger partial charge on any atom is -0.340 e. The SMILES string of the molecule is CCC1C(=O)NC(C)(CC)C(=O)N1C(C)CCC(C)C. The number of nitrogens with zero attached hydrogens (tertiary/aromatic N) is 1. The van der Waals surface area contributed by atoms with Crippen LogP contribution in [-0.4, -0.2) is 34.3 Å². The molecule has 0 aromatic carbocycles. The lowest BCUT2D eigenvalue weighted by Crippen LogP contribution is -2.70. The van der Waals surface area contributed by atoms with Crippen LogP contribution in [0.25, 0.3) is 0 Å². The van der Waals surface area contributed by atoms with Crippen molar-refractivity contribution >= 4 is 11.8 Å². The van der Waals surface area contributed by atoms with Crippen molar-refractivity contribution in [1.82, 2.24) is 10.2 Å². The van der Waals surface area contributed by atoms with Crippen LogP contribution < -0.4 is 5.32 Å². The Kier molecular flexibility index (Phi) is 5.60. The van der Waals surface area contributed by atoms with Gasteiger partial charge in [-0.05, 0) is 45.4 Å². The third kappa shape index (κ3) is 3.33. The molecule has 0 aliphatic carbocycles. The van der Waals surface area contributed by atoms with E-state index in [2.05, 4.69) is 26.1 Å². The van der Waals surface area contributed by atoms with Gasteiger partial charge in [-0.2, -0.15) is 0 Å². The second-order valence-electron chi connectivity index (χ2n) is 6.63. The van der Waals surface area contributed by atoms with Gasteiger partial charge in [0.25, 0.3) is 0 Å². The molecule has 20 heavy (non-hydrogen) atoms. The molecule has 1 aliphatic rings. The molecule has 0 spiro atoms. The van der Waals surface area contributed by atoms with Crippen molar-refractivity contribution in [3.63, 3.8) is 0 Å². The summed E-state index contributed by atoms with van der Waals surface area (Å²) in [5.41, 5.74) is -0.741. The van der Waals surface area contributed by atoms with E-state index in [4.69, 9.17) is 0 Å². The molecule has 1 N–H and O–H groups in total. The Bertz CT molecular complexity index is 367. The van der Waals surface area contributed by atoms with Crippen LogP contribution in [0, 0.1) is 5.92 Å². The van der Waals surface area contributed by atoms with Crippen LogP contribution in [0.1, 0.15) is 67.2 Å². The molecule has 1 fully saturated rings. The monoisotopic (exact) mass is 282 g/mol. The Labute approximate surface area is 123 Å². The third-order valence-corrected chi connectivity index (χ3v) is 4.47. The quantitative estimate of drug-likeness (QED) is 0.814. The summed E-state index contributed by atoms with van der Waals surface area (Å²) in [5.74, 6) is 0.680. The smallest absolute Gasteiger partial charge is 0.248 e. The highest BCUT2D eigenvalue weighted by Crippen LogP contribution is 2.26. The maximum atomic E-state index is 12.8. The lowest BCUT2D eigenvalue weighted by molar-refractivity contribution is -0.157. The Morgan fingerprint density at radius 3 is 2.25 bits per heavy atom. The topological polar surface area (TPSA) is 49.4 Å². The first kappa shape index (κ1) is 17.0. The van der Waals surface area contributed by atoms with Gasteiger partial charge >= 0.3 is 0 Å². The fraction of sp³-hybridized carbons (Fsp3) is 0.875. The summed E-state index contributed by atoms with van der Waals surface area (Å²) in [6, 6.07) is -0.198. The molecule has 0 bridgehead atoms. The highest BCUT2D eigenvalue weighted by molar-refractivity contribution is 5.99. The second kappa shape index (κ2) is 6.59. The van der Waals surface area contributed by atoms with Crippen LogP contribution >= 0.6 is 0 Å². The van der Waals surface area contributed by atoms with Crippen LogP contribution in [0.15, 0.2) is 0 Å². The third-order valence-electron chi connectivity index (χ3n) is 4.47. The van der Waals surface area contributed by atoms with E-state index in [1.165, 1.54) is 0 Å². The van der Waals surface area contributed by atoms with E-state index < -0.39 is 5.54 Å². The van der Waals surface area contributed by atoms with Crippen molar-refractivity contribution in [3.05, 3.63) is 0 Å². The zero-order chi connectivity index (χ0) is 15.5. The average molecular weight is 282 g/mol. The molecule has 3 unspecified atom stereocenters. The summed E-state index contributed by atoms with van der Waals surface area (Å²) in [5, 5.41) is 2.91. The van der Waals surface area contributed by atoms with Gasteiger partial charge in [0.1, 0.15) is 11.6 Å². The van der Waals surface area contributed by atoms with E-state index in [1.54, 1.807) is 0 Å². The molecule has 0 aromatic heterocycles. The van der Waals surface area contributed by atoms with E-state index >= 15 is 0 Å². The van der Waals surface area contributed by atoms with Crippen molar-refractivity contribution in [2.45, 2.75) is 84.8 Å². The number of piperazine rings is 1. The van der Waals surface area contributed by atoms with Crippen LogP contribution in [0.2, 0.25) is 0 Å². The van der Waals surface area contributed by atoms with Gasteiger partial charge in [0.15, 0.2) is 0 Å². The highest BCUT2D eigenvalue weighted by Gasteiger charge is 2.47. The van der Waals surface area contributed by atoms with Gasteiger partial charge in [0.2, 0.25) is 11.8 Å². The van der Waals surface area contributed by atoms with Gasteiger partial charge < -0.3 is 10.2 Å². The number of hydrogen-bond acceptors (Lipinski definition) is 2. The maximum Gasteiger partial charge on any atom is 0.248 e. The van der Waals surface area contributed by atoms with Crippen molar-refractivity contribution in [1.29, 1.82) is 0 Å². The van der Waals surface area contributed by atoms with Crippen LogP contribution in [0.3, 0.4) is 0 Å². The normalized spacial score (nSPS) is 28.8. The number of rotatable bonds is 6. The number of hydrogen-bond donors (Lipinski definition) is 1. The van der Waals surface area contributed by atoms with Crippen molar-refractivity contribution in [2.24, 2.45) is 5.92 Å². The zero-order valence-corrected chi connectivity index (χ0v) is 13.8. The lowest BCUT2D eigenvalue weighted by Gasteiger charge is -2.46. The Morgan fingerprint density at radius 2 is 1.80 bits per heavy atom. The van der Waals surface area contributed by atoms with E-state index in [1.807, 2.05) is 25.7 Å². The predicted octanol–water partition coefficient (Wildman–Crippen LogP) is 2.72.